The maximum atomic E-state index is 6.11. The van der Waals surface area contributed by atoms with Gasteiger partial charge in [-0.15, -0.1) is 0 Å². The first-order valence-electron chi connectivity index (χ1n) is 10.8. The normalized spacial score (nSPS) is 21.5. The molecule has 2 saturated heterocycles. The number of hydrogen-bond donors (Lipinski definition) is 1. The van der Waals surface area contributed by atoms with E-state index in [0.717, 1.165) is 63.8 Å². The highest BCUT2D eigenvalue weighted by atomic mass is 16.5. The van der Waals surface area contributed by atoms with Crippen molar-refractivity contribution in [1.82, 2.24) is 20.0 Å². The van der Waals surface area contributed by atoms with Gasteiger partial charge in [-0.05, 0) is 25.6 Å². The van der Waals surface area contributed by atoms with Gasteiger partial charge in [-0.3, -0.25) is 9.89 Å². The lowest BCUT2D eigenvalue weighted by atomic mass is 10.1. The average Bonchev–Trinajstić information content (AvgIpc) is 2.76. The number of nitrogens with one attached hydrogen (secondary N) is 1. The Morgan fingerprint density at radius 3 is 2.39 bits per heavy atom. The van der Waals surface area contributed by atoms with E-state index in [4.69, 9.17) is 4.74 Å². The molecule has 1 unspecified atom stereocenters. The molecule has 156 valence electrons. The van der Waals surface area contributed by atoms with Crippen molar-refractivity contribution in [2.45, 2.75) is 38.8 Å². The fraction of sp³-hybridized carbons (Fsp3) is 0.682. The van der Waals surface area contributed by atoms with E-state index in [1.807, 2.05) is 37.4 Å². The second-order valence-corrected chi connectivity index (χ2v) is 7.86. The molecular weight excluding hydrogens is 350 g/mol. The molecule has 2 aliphatic rings. The fourth-order valence-electron chi connectivity index (χ4n) is 4.10. The Kier molecular flexibility index (Phi) is 7.98. The van der Waals surface area contributed by atoms with Crippen molar-refractivity contribution in [3.05, 3.63) is 30.3 Å². The fourth-order valence-corrected chi connectivity index (χ4v) is 4.10. The molecule has 2 heterocycles. The van der Waals surface area contributed by atoms with Gasteiger partial charge in [0.15, 0.2) is 5.96 Å². The van der Waals surface area contributed by atoms with Crippen LogP contribution < -0.4 is 10.1 Å². The lowest BCUT2D eigenvalue weighted by Crippen LogP contribution is -2.54. The molecule has 2 aliphatic heterocycles. The number of likely N-dealkylation sites (tertiary alicyclic amines) is 1. The van der Waals surface area contributed by atoms with Crippen LogP contribution >= 0.6 is 0 Å². The minimum absolute atomic E-state index is 0.297. The third kappa shape index (κ3) is 5.85. The van der Waals surface area contributed by atoms with Crippen LogP contribution in [0, 0.1) is 0 Å². The number of benzene rings is 1. The predicted molar refractivity (Wildman–Crippen MR) is 116 cm³/mol. The molecule has 0 amide bonds. The Morgan fingerprint density at radius 2 is 1.79 bits per heavy atom. The molecule has 0 aromatic heterocycles. The van der Waals surface area contributed by atoms with Crippen molar-refractivity contribution in [2.75, 3.05) is 59.4 Å². The van der Waals surface area contributed by atoms with Gasteiger partial charge in [0.25, 0.3) is 0 Å². The van der Waals surface area contributed by atoms with Gasteiger partial charge in [-0.1, -0.05) is 25.1 Å². The highest BCUT2D eigenvalue weighted by Crippen LogP contribution is 2.18. The maximum Gasteiger partial charge on any atom is 0.193 e. The van der Waals surface area contributed by atoms with Gasteiger partial charge in [0, 0.05) is 71.7 Å². The van der Waals surface area contributed by atoms with Crippen molar-refractivity contribution >= 4 is 5.96 Å². The van der Waals surface area contributed by atoms with E-state index in [9.17, 15) is 0 Å². The third-order valence-corrected chi connectivity index (χ3v) is 6.03. The van der Waals surface area contributed by atoms with Crippen molar-refractivity contribution in [3.63, 3.8) is 0 Å². The van der Waals surface area contributed by atoms with E-state index in [-0.39, 0.29) is 0 Å². The smallest absolute Gasteiger partial charge is 0.193 e. The summed E-state index contributed by atoms with van der Waals surface area (Å²) in [5.41, 5.74) is 0. The number of ether oxygens (including phenoxy) is 1. The number of piperazine rings is 1. The van der Waals surface area contributed by atoms with Crippen LogP contribution in [0.1, 0.15) is 26.7 Å². The van der Waals surface area contributed by atoms with Crippen molar-refractivity contribution in [2.24, 2.45) is 4.99 Å². The standard InChI is InChI=1S/C22H37N5O/c1-4-25-14-16-26(17-15-25)19(2)18-24-22(23-3)27-12-10-21(11-13-27)28-20-8-6-5-7-9-20/h5-9,19,21H,4,10-18H2,1-3H3,(H,23,24). The molecule has 1 aromatic carbocycles. The summed E-state index contributed by atoms with van der Waals surface area (Å²) in [6.45, 7) is 13.3. The van der Waals surface area contributed by atoms with Crippen LogP contribution in [0.4, 0.5) is 0 Å². The second kappa shape index (κ2) is 10.7. The predicted octanol–water partition coefficient (Wildman–Crippen LogP) is 2.13. The second-order valence-electron chi connectivity index (χ2n) is 7.86. The van der Waals surface area contributed by atoms with Crippen molar-refractivity contribution in [1.29, 1.82) is 0 Å². The molecular formula is C22H37N5O. The minimum atomic E-state index is 0.297. The molecule has 3 rings (SSSR count). The number of aliphatic imine (C=N–C) groups is 1. The highest BCUT2D eigenvalue weighted by Gasteiger charge is 2.24. The van der Waals surface area contributed by atoms with Gasteiger partial charge in [-0.25, -0.2) is 0 Å². The van der Waals surface area contributed by atoms with Crippen LogP contribution in [-0.2, 0) is 0 Å². The number of guanidine groups is 1. The van der Waals surface area contributed by atoms with Crippen LogP contribution in [0.5, 0.6) is 5.75 Å². The summed E-state index contributed by atoms with van der Waals surface area (Å²) in [5.74, 6) is 2.00. The molecule has 0 saturated carbocycles. The number of nitrogens with zero attached hydrogens (tertiary/aromatic N) is 4. The van der Waals surface area contributed by atoms with Gasteiger partial charge in [0.1, 0.15) is 11.9 Å². The van der Waals surface area contributed by atoms with Crippen LogP contribution in [0.25, 0.3) is 0 Å². The molecule has 0 aliphatic carbocycles. The summed E-state index contributed by atoms with van der Waals surface area (Å²) >= 11 is 0. The molecule has 1 N–H and O–H groups in total. The summed E-state index contributed by atoms with van der Waals surface area (Å²) in [7, 11) is 1.89. The quantitative estimate of drug-likeness (QED) is 0.598. The molecule has 6 heteroatoms. The van der Waals surface area contributed by atoms with E-state index in [0.29, 0.717) is 12.1 Å². The summed E-state index contributed by atoms with van der Waals surface area (Å²) in [6, 6.07) is 10.7. The zero-order chi connectivity index (χ0) is 19.8. The van der Waals surface area contributed by atoms with Crippen molar-refractivity contribution < 1.29 is 4.74 Å². The monoisotopic (exact) mass is 387 g/mol. The van der Waals surface area contributed by atoms with Gasteiger partial charge in [0.05, 0.1) is 0 Å². The number of hydrogen-bond acceptors (Lipinski definition) is 4. The molecule has 0 radical (unpaired) electrons. The first kappa shape index (κ1) is 20.9. The van der Waals surface area contributed by atoms with E-state index in [1.165, 1.54) is 13.1 Å². The van der Waals surface area contributed by atoms with E-state index in [2.05, 4.69) is 38.9 Å². The van der Waals surface area contributed by atoms with E-state index in [1.54, 1.807) is 0 Å². The Labute approximate surface area is 170 Å². The molecule has 1 atom stereocenters. The van der Waals surface area contributed by atoms with Crippen molar-refractivity contribution in [3.8, 4) is 5.75 Å². The van der Waals surface area contributed by atoms with Gasteiger partial charge in [0.2, 0.25) is 0 Å². The minimum Gasteiger partial charge on any atom is -0.490 e. The summed E-state index contributed by atoms with van der Waals surface area (Å²) < 4.78 is 6.11. The summed E-state index contributed by atoms with van der Waals surface area (Å²) in [6.07, 6.45) is 2.36. The largest absolute Gasteiger partial charge is 0.490 e. The van der Waals surface area contributed by atoms with Crippen LogP contribution in [0.3, 0.4) is 0 Å². The van der Waals surface area contributed by atoms with Crippen LogP contribution in [-0.4, -0.2) is 92.2 Å². The number of para-hydroxylation sites is 1. The zero-order valence-corrected chi connectivity index (χ0v) is 17.8. The van der Waals surface area contributed by atoms with Crippen LogP contribution in [0.15, 0.2) is 35.3 Å². The molecule has 0 spiro atoms. The highest BCUT2D eigenvalue weighted by molar-refractivity contribution is 5.80. The third-order valence-electron chi connectivity index (χ3n) is 6.03. The number of rotatable bonds is 6. The lowest BCUT2D eigenvalue weighted by Gasteiger charge is -2.38. The van der Waals surface area contributed by atoms with Gasteiger partial charge >= 0.3 is 0 Å². The molecule has 28 heavy (non-hydrogen) atoms. The first-order valence-corrected chi connectivity index (χ1v) is 10.8. The topological polar surface area (TPSA) is 43.3 Å². The average molecular weight is 388 g/mol. The zero-order valence-electron chi connectivity index (χ0n) is 17.8. The van der Waals surface area contributed by atoms with E-state index < -0.39 is 0 Å². The summed E-state index contributed by atoms with van der Waals surface area (Å²) in [4.78, 5) is 12.0. The SMILES string of the molecule is CCN1CCN(C(C)CNC(=NC)N2CCC(Oc3ccccc3)CC2)CC1. The Hall–Kier alpha value is -1.79. The van der Waals surface area contributed by atoms with Gasteiger partial charge < -0.3 is 19.9 Å². The summed E-state index contributed by atoms with van der Waals surface area (Å²) in [5, 5.41) is 3.61. The Balaban J connectivity index is 1.40. The van der Waals surface area contributed by atoms with Crippen LogP contribution in [0.2, 0.25) is 0 Å². The lowest BCUT2D eigenvalue weighted by molar-refractivity contribution is 0.106. The molecule has 1 aromatic rings. The molecule has 0 bridgehead atoms. The van der Waals surface area contributed by atoms with E-state index >= 15 is 0 Å². The molecule has 6 nitrogen and oxygen atoms in total. The van der Waals surface area contributed by atoms with Gasteiger partial charge in [-0.2, -0.15) is 0 Å². The Morgan fingerprint density at radius 1 is 1.11 bits per heavy atom. The number of piperidine rings is 1. The Bertz CT molecular complexity index is 592. The molecule has 2 fully saturated rings. The maximum absolute atomic E-state index is 6.11. The number of likely N-dealkylation sites (N-methyl/N-ethyl adjacent to an activating group) is 1. The first-order chi connectivity index (χ1) is 13.7.